The Bertz CT molecular complexity index is 349. The second-order valence-electron chi connectivity index (χ2n) is 4.01. The number of hydrogen-bond acceptors (Lipinski definition) is 4. The van der Waals surface area contributed by atoms with Crippen molar-refractivity contribution in [2.75, 3.05) is 13.6 Å². The number of rotatable bonds is 5. The summed E-state index contributed by atoms with van der Waals surface area (Å²) in [5.74, 6) is 1.42. The first-order chi connectivity index (χ1) is 7.54. The molecule has 1 amide bonds. The SMILES string of the molecule is Cc1nc(CN(C)C(=O)C(C)CCN)n[nH]1. The molecule has 1 atom stereocenters. The Morgan fingerprint density at radius 3 is 2.81 bits per heavy atom. The summed E-state index contributed by atoms with van der Waals surface area (Å²) in [5, 5.41) is 6.74. The summed E-state index contributed by atoms with van der Waals surface area (Å²) in [7, 11) is 1.75. The predicted molar refractivity (Wildman–Crippen MR) is 60.4 cm³/mol. The third kappa shape index (κ3) is 3.30. The van der Waals surface area contributed by atoms with E-state index in [0.29, 0.717) is 25.3 Å². The van der Waals surface area contributed by atoms with Gasteiger partial charge in [-0.1, -0.05) is 6.92 Å². The van der Waals surface area contributed by atoms with Crippen molar-refractivity contribution in [2.45, 2.75) is 26.8 Å². The number of hydrogen-bond donors (Lipinski definition) is 2. The van der Waals surface area contributed by atoms with Crippen molar-refractivity contribution in [3.05, 3.63) is 11.6 Å². The fourth-order valence-corrected chi connectivity index (χ4v) is 1.50. The van der Waals surface area contributed by atoms with E-state index >= 15 is 0 Å². The Hall–Kier alpha value is -1.43. The predicted octanol–water partition coefficient (Wildman–Crippen LogP) is 0.0564. The molecule has 1 aromatic heterocycles. The Kier molecular flexibility index (Phi) is 4.42. The van der Waals surface area contributed by atoms with Gasteiger partial charge >= 0.3 is 0 Å². The molecule has 1 aromatic rings. The zero-order valence-electron chi connectivity index (χ0n) is 10.0. The number of amides is 1. The summed E-state index contributed by atoms with van der Waals surface area (Å²) in [6, 6.07) is 0. The number of nitrogens with zero attached hydrogens (tertiary/aromatic N) is 3. The minimum Gasteiger partial charge on any atom is -0.338 e. The van der Waals surface area contributed by atoms with Gasteiger partial charge in [-0.15, -0.1) is 0 Å². The van der Waals surface area contributed by atoms with Gasteiger partial charge in [-0.2, -0.15) is 5.10 Å². The van der Waals surface area contributed by atoms with E-state index in [2.05, 4.69) is 15.2 Å². The molecule has 1 unspecified atom stereocenters. The van der Waals surface area contributed by atoms with Crippen LogP contribution in [0.25, 0.3) is 0 Å². The third-order valence-electron chi connectivity index (χ3n) is 2.42. The van der Waals surface area contributed by atoms with Crippen LogP contribution in [-0.2, 0) is 11.3 Å². The molecule has 0 aliphatic rings. The highest BCUT2D eigenvalue weighted by Crippen LogP contribution is 2.07. The first-order valence-corrected chi connectivity index (χ1v) is 5.37. The molecule has 0 bridgehead atoms. The van der Waals surface area contributed by atoms with Crippen LogP contribution in [0.15, 0.2) is 0 Å². The lowest BCUT2D eigenvalue weighted by Crippen LogP contribution is -2.32. The molecule has 0 aromatic carbocycles. The summed E-state index contributed by atoms with van der Waals surface area (Å²) in [5.41, 5.74) is 5.42. The molecule has 6 heteroatoms. The van der Waals surface area contributed by atoms with Crippen LogP contribution in [0.3, 0.4) is 0 Å². The van der Waals surface area contributed by atoms with Crippen LogP contribution in [0.2, 0.25) is 0 Å². The van der Waals surface area contributed by atoms with Crippen LogP contribution < -0.4 is 5.73 Å². The van der Waals surface area contributed by atoms with Crippen molar-refractivity contribution < 1.29 is 4.79 Å². The molecule has 1 heterocycles. The molecule has 16 heavy (non-hydrogen) atoms. The summed E-state index contributed by atoms with van der Waals surface area (Å²) >= 11 is 0. The van der Waals surface area contributed by atoms with Gasteiger partial charge in [0.1, 0.15) is 5.82 Å². The Morgan fingerprint density at radius 1 is 1.62 bits per heavy atom. The van der Waals surface area contributed by atoms with E-state index in [4.69, 9.17) is 5.73 Å². The summed E-state index contributed by atoms with van der Waals surface area (Å²) in [6.45, 7) is 4.67. The molecular formula is C10H19N5O. The average Bonchev–Trinajstić information content (AvgIpc) is 2.63. The number of aryl methyl sites for hydroxylation is 1. The van der Waals surface area contributed by atoms with Gasteiger partial charge in [0.05, 0.1) is 6.54 Å². The maximum atomic E-state index is 11.8. The van der Waals surface area contributed by atoms with Crippen molar-refractivity contribution in [3.8, 4) is 0 Å². The molecule has 1 rings (SSSR count). The van der Waals surface area contributed by atoms with Gasteiger partial charge in [0.2, 0.25) is 5.91 Å². The maximum absolute atomic E-state index is 11.8. The van der Waals surface area contributed by atoms with Crippen molar-refractivity contribution in [2.24, 2.45) is 11.7 Å². The molecule has 6 nitrogen and oxygen atoms in total. The highest BCUT2D eigenvalue weighted by molar-refractivity contribution is 5.78. The van der Waals surface area contributed by atoms with E-state index < -0.39 is 0 Å². The summed E-state index contributed by atoms with van der Waals surface area (Å²) in [6.07, 6.45) is 0.705. The average molecular weight is 225 g/mol. The zero-order valence-corrected chi connectivity index (χ0v) is 10.0. The van der Waals surface area contributed by atoms with E-state index in [1.54, 1.807) is 11.9 Å². The molecule has 90 valence electrons. The maximum Gasteiger partial charge on any atom is 0.225 e. The molecule has 0 fully saturated rings. The second-order valence-corrected chi connectivity index (χ2v) is 4.01. The Labute approximate surface area is 95.2 Å². The van der Waals surface area contributed by atoms with Gasteiger partial charge in [0.15, 0.2) is 5.82 Å². The smallest absolute Gasteiger partial charge is 0.225 e. The number of aromatic amines is 1. The minimum absolute atomic E-state index is 0.0463. The van der Waals surface area contributed by atoms with Gasteiger partial charge in [-0.25, -0.2) is 4.98 Å². The van der Waals surface area contributed by atoms with Gasteiger partial charge in [0.25, 0.3) is 0 Å². The number of aromatic nitrogens is 3. The fourth-order valence-electron chi connectivity index (χ4n) is 1.50. The lowest BCUT2D eigenvalue weighted by Gasteiger charge is -2.19. The van der Waals surface area contributed by atoms with Crippen molar-refractivity contribution in [1.82, 2.24) is 20.1 Å². The van der Waals surface area contributed by atoms with Crippen LogP contribution in [0, 0.1) is 12.8 Å². The highest BCUT2D eigenvalue weighted by atomic mass is 16.2. The van der Waals surface area contributed by atoms with Gasteiger partial charge in [-0.05, 0) is 19.9 Å². The van der Waals surface area contributed by atoms with Crippen molar-refractivity contribution >= 4 is 5.91 Å². The van der Waals surface area contributed by atoms with Crippen LogP contribution in [0.1, 0.15) is 25.0 Å². The lowest BCUT2D eigenvalue weighted by molar-refractivity contribution is -0.134. The molecule has 0 aliphatic heterocycles. The van der Waals surface area contributed by atoms with Crippen molar-refractivity contribution in [3.63, 3.8) is 0 Å². The minimum atomic E-state index is -0.0463. The van der Waals surface area contributed by atoms with Crippen LogP contribution in [0.5, 0.6) is 0 Å². The van der Waals surface area contributed by atoms with Gasteiger partial charge in [-0.3, -0.25) is 9.89 Å². The van der Waals surface area contributed by atoms with Gasteiger partial charge < -0.3 is 10.6 Å². The number of nitrogens with two attached hydrogens (primary N) is 1. The molecule has 3 N–H and O–H groups in total. The molecular weight excluding hydrogens is 206 g/mol. The van der Waals surface area contributed by atoms with E-state index in [-0.39, 0.29) is 11.8 Å². The largest absolute Gasteiger partial charge is 0.338 e. The number of nitrogens with one attached hydrogen (secondary N) is 1. The third-order valence-corrected chi connectivity index (χ3v) is 2.42. The fraction of sp³-hybridized carbons (Fsp3) is 0.700. The topological polar surface area (TPSA) is 87.9 Å². The highest BCUT2D eigenvalue weighted by Gasteiger charge is 2.17. The van der Waals surface area contributed by atoms with Gasteiger partial charge in [0, 0.05) is 13.0 Å². The van der Waals surface area contributed by atoms with E-state index in [0.717, 1.165) is 5.82 Å². The zero-order chi connectivity index (χ0) is 12.1. The standard InChI is InChI=1S/C10H19N5O/c1-7(4-5-11)10(16)15(3)6-9-12-8(2)13-14-9/h7H,4-6,11H2,1-3H3,(H,12,13,14). The number of H-pyrrole nitrogens is 1. The van der Waals surface area contributed by atoms with E-state index in [9.17, 15) is 4.79 Å². The number of carbonyl (C=O) groups excluding carboxylic acids is 1. The lowest BCUT2D eigenvalue weighted by atomic mass is 10.1. The first kappa shape index (κ1) is 12.6. The molecule has 0 radical (unpaired) electrons. The normalized spacial score (nSPS) is 12.5. The summed E-state index contributed by atoms with van der Waals surface area (Å²) in [4.78, 5) is 17.6. The molecule has 0 saturated carbocycles. The Morgan fingerprint density at radius 2 is 2.31 bits per heavy atom. The van der Waals surface area contributed by atoms with E-state index in [1.807, 2.05) is 13.8 Å². The Balaban J connectivity index is 2.51. The monoisotopic (exact) mass is 225 g/mol. The van der Waals surface area contributed by atoms with Crippen molar-refractivity contribution in [1.29, 1.82) is 0 Å². The molecule has 0 spiro atoms. The quantitative estimate of drug-likeness (QED) is 0.741. The van der Waals surface area contributed by atoms with Crippen LogP contribution in [-0.4, -0.2) is 39.6 Å². The number of carbonyl (C=O) groups is 1. The first-order valence-electron chi connectivity index (χ1n) is 5.37. The van der Waals surface area contributed by atoms with Crippen LogP contribution >= 0.6 is 0 Å². The summed E-state index contributed by atoms with van der Waals surface area (Å²) < 4.78 is 0. The molecule has 0 aliphatic carbocycles. The second kappa shape index (κ2) is 5.60. The molecule has 0 saturated heterocycles. The van der Waals surface area contributed by atoms with Crippen LogP contribution in [0.4, 0.5) is 0 Å². The van der Waals surface area contributed by atoms with E-state index in [1.165, 1.54) is 0 Å².